The van der Waals surface area contributed by atoms with E-state index in [1.807, 2.05) is 12.1 Å². The maximum atomic E-state index is 13.7. The lowest BCUT2D eigenvalue weighted by Gasteiger charge is -2.36. The van der Waals surface area contributed by atoms with E-state index >= 15 is 0 Å². The molecule has 1 saturated heterocycles. The monoisotopic (exact) mass is 413 g/mol. The fraction of sp³-hybridized carbons (Fsp3) is 0.455. The summed E-state index contributed by atoms with van der Waals surface area (Å²) in [6.07, 6.45) is 3.51. The molecule has 2 aromatic rings. The van der Waals surface area contributed by atoms with Gasteiger partial charge in [0.15, 0.2) is 5.16 Å². The van der Waals surface area contributed by atoms with Gasteiger partial charge in [0, 0.05) is 36.9 Å². The molecule has 1 aromatic heterocycles. The van der Waals surface area contributed by atoms with Crippen LogP contribution in [0.25, 0.3) is 11.3 Å². The van der Waals surface area contributed by atoms with Crippen LogP contribution < -0.4 is 15.6 Å². The minimum atomic E-state index is -0.225. The summed E-state index contributed by atoms with van der Waals surface area (Å²) < 4.78 is 12.4. The van der Waals surface area contributed by atoms with Gasteiger partial charge < -0.3 is 14.8 Å². The molecule has 0 amide bonds. The Bertz CT molecular complexity index is 980. The third-order valence-corrected chi connectivity index (χ3v) is 6.78. The van der Waals surface area contributed by atoms with Crippen LogP contribution in [0.15, 0.2) is 40.8 Å². The Morgan fingerprint density at radius 3 is 2.97 bits per heavy atom. The van der Waals surface area contributed by atoms with E-state index in [2.05, 4.69) is 18.0 Å². The summed E-state index contributed by atoms with van der Waals surface area (Å²) in [6.45, 7) is 6.60. The van der Waals surface area contributed by atoms with Crippen molar-refractivity contribution >= 4 is 11.8 Å². The minimum absolute atomic E-state index is 0.0555. The fourth-order valence-corrected chi connectivity index (χ4v) is 5.36. The molecule has 0 bridgehead atoms. The molecule has 4 rings (SSSR count). The molecular formula is C22H27N3O3S. The molecule has 1 spiro atoms. The molecule has 29 heavy (non-hydrogen) atoms. The molecule has 0 radical (unpaired) electrons. The third-order valence-electron chi connectivity index (χ3n) is 5.83. The first-order valence-electron chi connectivity index (χ1n) is 9.89. The number of allylic oxidation sites excluding steroid dienone is 1. The quantitative estimate of drug-likeness (QED) is 0.326. The Labute approximate surface area is 175 Å². The van der Waals surface area contributed by atoms with E-state index in [0.717, 1.165) is 59.4 Å². The number of hydrogen-bond acceptors (Lipinski definition) is 6. The molecule has 7 heteroatoms. The molecule has 1 aliphatic carbocycles. The second-order valence-corrected chi connectivity index (χ2v) is 8.63. The molecule has 1 N–H and O–H groups in total. The summed E-state index contributed by atoms with van der Waals surface area (Å²) in [4.78, 5) is 18.8. The van der Waals surface area contributed by atoms with Crippen molar-refractivity contribution in [3.8, 4) is 17.0 Å². The number of ether oxygens (including phenoxy) is 2. The van der Waals surface area contributed by atoms with Gasteiger partial charge in [0.2, 0.25) is 0 Å². The molecule has 1 aromatic carbocycles. The van der Waals surface area contributed by atoms with Gasteiger partial charge in [-0.15, -0.1) is 6.58 Å². The van der Waals surface area contributed by atoms with E-state index in [0.29, 0.717) is 13.2 Å². The van der Waals surface area contributed by atoms with Crippen LogP contribution in [0.5, 0.6) is 5.75 Å². The van der Waals surface area contributed by atoms with Crippen LogP contribution in [0.3, 0.4) is 0 Å². The first-order valence-corrected chi connectivity index (χ1v) is 10.9. The van der Waals surface area contributed by atoms with Crippen molar-refractivity contribution < 1.29 is 9.47 Å². The van der Waals surface area contributed by atoms with Gasteiger partial charge in [0.25, 0.3) is 5.56 Å². The number of benzene rings is 1. The molecule has 1 unspecified atom stereocenters. The predicted molar refractivity (Wildman–Crippen MR) is 116 cm³/mol. The Morgan fingerprint density at radius 1 is 1.41 bits per heavy atom. The van der Waals surface area contributed by atoms with Gasteiger partial charge in [-0.25, -0.2) is 4.98 Å². The zero-order chi connectivity index (χ0) is 20.4. The summed E-state index contributed by atoms with van der Waals surface area (Å²) in [7, 11) is 3.36. The van der Waals surface area contributed by atoms with Gasteiger partial charge in [0.05, 0.1) is 25.0 Å². The van der Waals surface area contributed by atoms with Crippen LogP contribution in [0.4, 0.5) is 0 Å². The highest BCUT2D eigenvalue weighted by atomic mass is 32.2. The molecular weight excluding hydrogens is 386 g/mol. The number of thioether (sulfide) groups is 1. The average Bonchev–Trinajstić information content (AvgIpc) is 3.18. The van der Waals surface area contributed by atoms with Crippen molar-refractivity contribution in [3.05, 3.63) is 52.3 Å². The van der Waals surface area contributed by atoms with Crippen molar-refractivity contribution in [2.45, 2.75) is 30.0 Å². The number of hydrogen-bond donors (Lipinski definition) is 1. The molecule has 0 saturated carbocycles. The normalized spacial score (nSPS) is 19.8. The lowest BCUT2D eigenvalue weighted by atomic mass is 9.69. The zero-order valence-electron chi connectivity index (χ0n) is 17.0. The highest BCUT2D eigenvalue weighted by Crippen LogP contribution is 2.45. The van der Waals surface area contributed by atoms with E-state index in [1.165, 1.54) is 5.56 Å². The summed E-state index contributed by atoms with van der Waals surface area (Å²) in [5.74, 6) is 1.57. The third kappa shape index (κ3) is 3.52. The second kappa shape index (κ2) is 8.34. The van der Waals surface area contributed by atoms with Crippen LogP contribution >= 0.6 is 11.8 Å². The Kier molecular flexibility index (Phi) is 5.81. The number of rotatable bonds is 7. The van der Waals surface area contributed by atoms with Gasteiger partial charge >= 0.3 is 0 Å². The number of nitrogens with one attached hydrogen (secondary N) is 1. The first-order chi connectivity index (χ1) is 14.1. The van der Waals surface area contributed by atoms with Gasteiger partial charge in [-0.2, -0.15) is 0 Å². The van der Waals surface area contributed by atoms with E-state index in [1.54, 1.807) is 36.6 Å². The Morgan fingerprint density at radius 2 is 2.28 bits per heavy atom. The van der Waals surface area contributed by atoms with Gasteiger partial charge in [-0.05, 0) is 43.1 Å². The molecule has 1 fully saturated rings. The standard InChI is InChI=1S/C22H27N3O3S/c1-4-9-25-20(26)18-19(24-21(25)29-11-10-27-2)17-6-5-16(28-3)12-15(17)13-22(18)7-8-23-14-22/h4-6,12,23H,1,7-11,13-14H2,2-3H3. The van der Waals surface area contributed by atoms with E-state index < -0.39 is 0 Å². The molecule has 154 valence electrons. The first kappa shape index (κ1) is 20.2. The van der Waals surface area contributed by atoms with Crippen LogP contribution in [0.1, 0.15) is 17.5 Å². The lowest BCUT2D eigenvalue weighted by Crippen LogP contribution is -2.43. The summed E-state index contributed by atoms with van der Waals surface area (Å²) in [5.41, 5.74) is 3.73. The SMILES string of the molecule is C=CCn1c(SCCOC)nc2c(c1=O)C1(CCNC1)Cc1cc(OC)ccc1-2. The summed E-state index contributed by atoms with van der Waals surface area (Å²) in [6, 6.07) is 6.07. The van der Waals surface area contributed by atoms with E-state index in [9.17, 15) is 4.79 Å². The largest absolute Gasteiger partial charge is 0.497 e. The average molecular weight is 414 g/mol. The Hall–Kier alpha value is -2.09. The van der Waals surface area contributed by atoms with Crippen molar-refractivity contribution in [3.63, 3.8) is 0 Å². The number of methoxy groups -OCH3 is 2. The maximum Gasteiger partial charge on any atom is 0.258 e. The van der Waals surface area contributed by atoms with Crippen molar-refractivity contribution in [2.24, 2.45) is 0 Å². The predicted octanol–water partition coefficient (Wildman–Crippen LogP) is 2.63. The Balaban J connectivity index is 1.94. The van der Waals surface area contributed by atoms with Gasteiger partial charge in [-0.3, -0.25) is 9.36 Å². The highest BCUT2D eigenvalue weighted by molar-refractivity contribution is 7.99. The second-order valence-electron chi connectivity index (χ2n) is 7.57. The molecule has 1 atom stereocenters. The van der Waals surface area contributed by atoms with Crippen LogP contribution in [0.2, 0.25) is 0 Å². The van der Waals surface area contributed by atoms with Crippen LogP contribution in [0, 0.1) is 0 Å². The molecule has 6 nitrogen and oxygen atoms in total. The van der Waals surface area contributed by atoms with E-state index in [4.69, 9.17) is 14.5 Å². The maximum absolute atomic E-state index is 13.7. The fourth-order valence-electron chi connectivity index (χ4n) is 4.46. The smallest absolute Gasteiger partial charge is 0.258 e. The van der Waals surface area contributed by atoms with E-state index in [-0.39, 0.29) is 11.0 Å². The highest BCUT2D eigenvalue weighted by Gasteiger charge is 2.44. The summed E-state index contributed by atoms with van der Waals surface area (Å²) in [5, 5.41) is 4.19. The van der Waals surface area contributed by atoms with Crippen molar-refractivity contribution in [1.82, 2.24) is 14.9 Å². The van der Waals surface area contributed by atoms with Crippen LogP contribution in [-0.4, -0.2) is 49.2 Å². The number of nitrogens with zero attached hydrogens (tertiary/aromatic N) is 2. The lowest BCUT2D eigenvalue weighted by molar-refractivity contribution is 0.218. The van der Waals surface area contributed by atoms with Gasteiger partial charge in [0.1, 0.15) is 5.75 Å². The number of fused-ring (bicyclic) bond motifs is 4. The molecule has 2 heterocycles. The minimum Gasteiger partial charge on any atom is -0.497 e. The van der Waals surface area contributed by atoms with Crippen molar-refractivity contribution in [1.29, 1.82) is 0 Å². The topological polar surface area (TPSA) is 65.4 Å². The van der Waals surface area contributed by atoms with Crippen molar-refractivity contribution in [2.75, 3.05) is 39.7 Å². The number of aromatic nitrogens is 2. The zero-order valence-corrected chi connectivity index (χ0v) is 17.8. The molecule has 1 aliphatic heterocycles. The molecule has 2 aliphatic rings. The van der Waals surface area contributed by atoms with Crippen LogP contribution in [-0.2, 0) is 23.1 Å². The summed E-state index contributed by atoms with van der Waals surface area (Å²) >= 11 is 1.55. The van der Waals surface area contributed by atoms with Gasteiger partial charge in [-0.1, -0.05) is 17.8 Å².